The first-order valence-corrected chi connectivity index (χ1v) is 9.74. The molecule has 0 saturated carbocycles. The van der Waals surface area contributed by atoms with Crippen molar-refractivity contribution in [2.75, 3.05) is 5.32 Å². The van der Waals surface area contributed by atoms with Gasteiger partial charge < -0.3 is 10.1 Å². The summed E-state index contributed by atoms with van der Waals surface area (Å²) >= 11 is 0. The first kappa shape index (κ1) is 23.1. The molecule has 34 heavy (non-hydrogen) atoms. The molecule has 0 saturated heterocycles. The summed E-state index contributed by atoms with van der Waals surface area (Å²) in [4.78, 5) is 17.2. The van der Waals surface area contributed by atoms with Gasteiger partial charge in [-0.05, 0) is 54.6 Å². The number of hydrogen-bond donors (Lipinski definition) is 1. The highest BCUT2D eigenvalue weighted by Crippen LogP contribution is 2.36. The van der Waals surface area contributed by atoms with Crippen LogP contribution in [0.15, 0.2) is 79.0 Å². The first-order chi connectivity index (χ1) is 16.0. The van der Waals surface area contributed by atoms with E-state index in [4.69, 9.17) is 4.74 Å². The summed E-state index contributed by atoms with van der Waals surface area (Å²) in [6.07, 6.45) is -7.80. The molecular formula is C24H14F6N2O2. The lowest BCUT2D eigenvalue weighted by atomic mass is 10.1. The number of alkyl halides is 6. The Bertz CT molecular complexity index is 1340. The molecule has 4 nitrogen and oxygen atoms in total. The number of nitrogens with one attached hydrogen (secondary N) is 1. The maximum absolute atomic E-state index is 13.3. The van der Waals surface area contributed by atoms with Crippen LogP contribution in [-0.2, 0) is 12.4 Å². The molecule has 0 aliphatic heterocycles. The molecule has 4 aromatic rings. The number of carbonyl (C=O) groups excluding carboxylic acids is 1. The molecule has 3 aromatic carbocycles. The van der Waals surface area contributed by atoms with Crippen molar-refractivity contribution < 1.29 is 35.9 Å². The van der Waals surface area contributed by atoms with E-state index >= 15 is 0 Å². The van der Waals surface area contributed by atoms with Crippen LogP contribution in [0.1, 0.15) is 21.5 Å². The number of benzene rings is 3. The zero-order valence-electron chi connectivity index (χ0n) is 17.0. The molecule has 4 rings (SSSR count). The van der Waals surface area contributed by atoms with Gasteiger partial charge in [0.15, 0.2) is 0 Å². The summed E-state index contributed by atoms with van der Waals surface area (Å²) in [5, 5.41) is 3.33. The van der Waals surface area contributed by atoms with Gasteiger partial charge in [-0.25, -0.2) is 0 Å². The average molecular weight is 476 g/mol. The number of pyridine rings is 1. The van der Waals surface area contributed by atoms with Crippen LogP contribution < -0.4 is 10.1 Å². The predicted octanol–water partition coefficient (Wildman–Crippen LogP) is 7.32. The smallest absolute Gasteiger partial charge is 0.416 e. The number of carbonyl (C=O) groups is 1. The normalized spacial score (nSPS) is 11.9. The van der Waals surface area contributed by atoms with Crippen molar-refractivity contribution in [3.8, 4) is 11.5 Å². The molecule has 1 aromatic heterocycles. The Kier molecular flexibility index (Phi) is 5.90. The molecule has 10 heteroatoms. The van der Waals surface area contributed by atoms with Crippen molar-refractivity contribution >= 4 is 22.5 Å². The summed E-state index contributed by atoms with van der Waals surface area (Å²) < 4.78 is 83.6. The van der Waals surface area contributed by atoms with Gasteiger partial charge in [0.2, 0.25) is 0 Å². The Hall–Kier alpha value is -4.08. The fraction of sp³-hybridized carbons (Fsp3) is 0.0833. The van der Waals surface area contributed by atoms with Gasteiger partial charge in [0, 0.05) is 11.6 Å². The van der Waals surface area contributed by atoms with Crippen molar-refractivity contribution in [2.24, 2.45) is 0 Å². The number of fused-ring (bicyclic) bond motifs is 1. The summed E-state index contributed by atoms with van der Waals surface area (Å²) in [7, 11) is 0. The topological polar surface area (TPSA) is 51.2 Å². The number of aromatic nitrogens is 1. The number of ether oxygens (including phenoxy) is 1. The predicted molar refractivity (Wildman–Crippen MR) is 113 cm³/mol. The molecule has 0 atom stereocenters. The lowest BCUT2D eigenvalue weighted by molar-refractivity contribution is -0.138. The average Bonchev–Trinajstić information content (AvgIpc) is 2.78. The van der Waals surface area contributed by atoms with Crippen LogP contribution >= 0.6 is 0 Å². The Morgan fingerprint density at radius 3 is 2.12 bits per heavy atom. The van der Waals surface area contributed by atoms with Crippen LogP contribution in [-0.4, -0.2) is 10.9 Å². The number of anilines is 1. The number of hydrogen-bond acceptors (Lipinski definition) is 3. The van der Waals surface area contributed by atoms with Gasteiger partial charge in [-0.1, -0.05) is 18.2 Å². The van der Waals surface area contributed by atoms with Crippen LogP contribution in [0.3, 0.4) is 0 Å². The Morgan fingerprint density at radius 2 is 1.44 bits per heavy atom. The second-order valence-corrected chi connectivity index (χ2v) is 7.17. The number of para-hydroxylation sites is 1. The van der Waals surface area contributed by atoms with Crippen molar-refractivity contribution in [3.05, 3.63) is 95.7 Å². The third-order valence-electron chi connectivity index (χ3n) is 4.84. The highest BCUT2D eigenvalue weighted by Gasteiger charge is 2.33. The summed E-state index contributed by atoms with van der Waals surface area (Å²) in [6.45, 7) is 0. The highest BCUT2D eigenvalue weighted by molar-refractivity contribution is 6.09. The van der Waals surface area contributed by atoms with Crippen LogP contribution in [0, 0.1) is 0 Å². The van der Waals surface area contributed by atoms with Gasteiger partial charge in [-0.15, -0.1) is 0 Å². The quantitative estimate of drug-likeness (QED) is 0.314. The standard InChI is InChI=1S/C24H14F6N2O2/c25-23(26,27)15-6-9-17(10-7-15)34-20-13-16(24(28,29)30)8-11-18(20)22(33)32-19-5-1-3-14-4-2-12-31-21(14)19/h1-13H,(H,32,33). The number of halogens is 6. The third-order valence-corrected chi connectivity index (χ3v) is 4.84. The fourth-order valence-corrected chi connectivity index (χ4v) is 3.20. The highest BCUT2D eigenvalue weighted by atomic mass is 19.4. The lowest BCUT2D eigenvalue weighted by Gasteiger charge is -2.15. The summed E-state index contributed by atoms with van der Waals surface area (Å²) in [5.41, 5.74) is -1.50. The molecule has 0 aliphatic rings. The molecule has 0 fully saturated rings. The number of nitrogens with zero attached hydrogens (tertiary/aromatic N) is 1. The maximum atomic E-state index is 13.3. The second kappa shape index (κ2) is 8.69. The van der Waals surface area contributed by atoms with Crippen molar-refractivity contribution in [2.45, 2.75) is 12.4 Å². The monoisotopic (exact) mass is 476 g/mol. The molecule has 0 radical (unpaired) electrons. The summed E-state index contributed by atoms with van der Waals surface area (Å²) in [5.74, 6) is -1.43. The molecule has 0 bridgehead atoms. The minimum Gasteiger partial charge on any atom is -0.457 e. The van der Waals surface area contributed by atoms with Gasteiger partial charge in [-0.2, -0.15) is 26.3 Å². The molecule has 1 amide bonds. The van der Waals surface area contributed by atoms with E-state index in [1.165, 1.54) is 6.20 Å². The van der Waals surface area contributed by atoms with E-state index in [0.29, 0.717) is 17.3 Å². The van der Waals surface area contributed by atoms with Crippen molar-refractivity contribution in [1.82, 2.24) is 4.98 Å². The Morgan fingerprint density at radius 1 is 0.794 bits per heavy atom. The molecule has 0 aliphatic carbocycles. The maximum Gasteiger partial charge on any atom is 0.416 e. The van der Waals surface area contributed by atoms with Crippen LogP contribution in [0.25, 0.3) is 10.9 Å². The van der Waals surface area contributed by atoms with Crippen LogP contribution in [0.4, 0.5) is 32.0 Å². The van der Waals surface area contributed by atoms with E-state index in [2.05, 4.69) is 10.3 Å². The Balaban J connectivity index is 1.69. The van der Waals surface area contributed by atoms with Crippen molar-refractivity contribution in [3.63, 3.8) is 0 Å². The zero-order valence-corrected chi connectivity index (χ0v) is 17.0. The van der Waals surface area contributed by atoms with Gasteiger partial charge in [0.25, 0.3) is 5.91 Å². The van der Waals surface area contributed by atoms with E-state index in [-0.39, 0.29) is 11.3 Å². The van der Waals surface area contributed by atoms with E-state index < -0.39 is 35.1 Å². The molecule has 1 heterocycles. The number of rotatable bonds is 4. The summed E-state index contributed by atoms with van der Waals surface area (Å²) in [6, 6.07) is 14.2. The second-order valence-electron chi connectivity index (χ2n) is 7.17. The first-order valence-electron chi connectivity index (χ1n) is 9.74. The largest absolute Gasteiger partial charge is 0.457 e. The number of amides is 1. The molecule has 0 unspecified atom stereocenters. The minimum atomic E-state index is -4.73. The van der Waals surface area contributed by atoms with E-state index in [9.17, 15) is 31.1 Å². The van der Waals surface area contributed by atoms with Crippen molar-refractivity contribution in [1.29, 1.82) is 0 Å². The molecule has 1 N–H and O–H groups in total. The van der Waals surface area contributed by atoms with Crippen LogP contribution in [0.2, 0.25) is 0 Å². The molecular weight excluding hydrogens is 462 g/mol. The SMILES string of the molecule is O=C(Nc1cccc2cccnc12)c1ccc(C(F)(F)F)cc1Oc1ccc(C(F)(F)F)cc1. The van der Waals surface area contributed by atoms with Gasteiger partial charge >= 0.3 is 12.4 Å². The van der Waals surface area contributed by atoms with Gasteiger partial charge in [0.05, 0.1) is 27.9 Å². The van der Waals surface area contributed by atoms with Gasteiger partial charge in [0.1, 0.15) is 11.5 Å². The van der Waals surface area contributed by atoms with E-state index in [1.807, 2.05) is 0 Å². The molecule has 0 spiro atoms. The molecule has 174 valence electrons. The zero-order chi connectivity index (χ0) is 24.5. The van der Waals surface area contributed by atoms with Gasteiger partial charge in [-0.3, -0.25) is 9.78 Å². The van der Waals surface area contributed by atoms with Crippen LogP contribution in [0.5, 0.6) is 11.5 Å². The lowest BCUT2D eigenvalue weighted by Crippen LogP contribution is -2.15. The minimum absolute atomic E-state index is 0.173. The Labute approximate surface area is 188 Å². The fourth-order valence-electron chi connectivity index (χ4n) is 3.20. The third kappa shape index (κ3) is 4.95. The van der Waals surface area contributed by atoms with E-state index in [0.717, 1.165) is 41.8 Å². The van der Waals surface area contributed by atoms with E-state index in [1.54, 1.807) is 30.3 Å².